The van der Waals surface area contributed by atoms with Crippen molar-refractivity contribution >= 4 is 11.3 Å². The summed E-state index contributed by atoms with van der Waals surface area (Å²) in [5.74, 6) is 0.951. The molecule has 144 valence electrons. The molecule has 3 heterocycles. The van der Waals surface area contributed by atoms with Crippen LogP contribution in [0.25, 0.3) is 10.6 Å². The van der Waals surface area contributed by atoms with Crippen LogP contribution >= 0.6 is 11.3 Å². The molecule has 5 heteroatoms. The molecule has 0 spiro atoms. The molecule has 0 amide bonds. The lowest BCUT2D eigenvalue weighted by atomic mass is 10.1. The Morgan fingerprint density at radius 2 is 1.93 bits per heavy atom. The number of imidazole rings is 1. The summed E-state index contributed by atoms with van der Waals surface area (Å²) >= 11 is 1.76. The number of aromatic amines is 1. The van der Waals surface area contributed by atoms with E-state index in [1.54, 1.807) is 11.3 Å². The van der Waals surface area contributed by atoms with E-state index in [1.165, 1.54) is 21.7 Å². The zero-order valence-electron chi connectivity index (χ0n) is 15.9. The molecule has 0 saturated heterocycles. The average molecular weight is 392 g/mol. The number of ether oxygens (including phenoxy) is 1. The SMILES string of the molecule is c1csc(-c2cc(CCCOc3ccc(CCCn4ccnc4)cc3)c[nH]2)c1. The van der Waals surface area contributed by atoms with Crippen LogP contribution in [0.5, 0.6) is 5.75 Å². The monoisotopic (exact) mass is 391 g/mol. The summed E-state index contributed by atoms with van der Waals surface area (Å²) in [7, 11) is 0. The first-order valence-corrected chi connectivity index (χ1v) is 10.6. The Morgan fingerprint density at radius 1 is 1.04 bits per heavy atom. The summed E-state index contributed by atoms with van der Waals surface area (Å²) < 4.78 is 8.02. The molecule has 1 aromatic carbocycles. The van der Waals surface area contributed by atoms with E-state index in [0.29, 0.717) is 0 Å². The van der Waals surface area contributed by atoms with Crippen molar-refractivity contribution in [3.05, 3.63) is 83.9 Å². The van der Waals surface area contributed by atoms with Crippen molar-refractivity contribution in [1.82, 2.24) is 14.5 Å². The Morgan fingerprint density at radius 3 is 2.71 bits per heavy atom. The minimum atomic E-state index is 0.736. The first-order valence-electron chi connectivity index (χ1n) is 9.75. The molecule has 4 nitrogen and oxygen atoms in total. The Kier molecular flexibility index (Phi) is 6.25. The van der Waals surface area contributed by atoms with Crippen molar-refractivity contribution in [2.75, 3.05) is 6.61 Å². The van der Waals surface area contributed by atoms with Crippen LogP contribution in [0.1, 0.15) is 24.0 Å². The number of thiophene rings is 1. The van der Waals surface area contributed by atoms with Crippen LogP contribution in [0.15, 0.2) is 72.8 Å². The van der Waals surface area contributed by atoms with Gasteiger partial charge in [-0.05, 0) is 66.5 Å². The van der Waals surface area contributed by atoms with Crippen molar-refractivity contribution < 1.29 is 4.74 Å². The summed E-state index contributed by atoms with van der Waals surface area (Å²) in [5, 5.41) is 2.11. The number of nitrogens with zero attached hydrogens (tertiary/aromatic N) is 2. The third-order valence-electron chi connectivity index (χ3n) is 4.77. The molecule has 3 aromatic heterocycles. The van der Waals surface area contributed by atoms with Gasteiger partial charge in [0.05, 0.1) is 23.5 Å². The van der Waals surface area contributed by atoms with E-state index < -0.39 is 0 Å². The van der Waals surface area contributed by atoms with E-state index in [1.807, 2.05) is 18.7 Å². The first-order chi connectivity index (χ1) is 13.9. The molecule has 0 atom stereocenters. The van der Waals surface area contributed by atoms with E-state index in [4.69, 9.17) is 4.74 Å². The maximum atomic E-state index is 5.90. The molecule has 4 rings (SSSR count). The van der Waals surface area contributed by atoms with Crippen LogP contribution in [-0.2, 0) is 19.4 Å². The normalized spacial score (nSPS) is 11.0. The quantitative estimate of drug-likeness (QED) is 0.358. The molecule has 0 fully saturated rings. The van der Waals surface area contributed by atoms with Crippen LogP contribution in [0.4, 0.5) is 0 Å². The number of hydrogen-bond acceptors (Lipinski definition) is 3. The van der Waals surface area contributed by atoms with Crippen LogP contribution in [0.3, 0.4) is 0 Å². The van der Waals surface area contributed by atoms with E-state index >= 15 is 0 Å². The summed E-state index contributed by atoms with van der Waals surface area (Å²) in [6.07, 6.45) is 12.0. The molecule has 0 saturated carbocycles. The summed E-state index contributed by atoms with van der Waals surface area (Å²) in [4.78, 5) is 8.72. The molecule has 4 aromatic rings. The van der Waals surface area contributed by atoms with Crippen LogP contribution < -0.4 is 4.74 Å². The Bertz CT molecular complexity index is 940. The Balaban J connectivity index is 1.16. The molecule has 0 aliphatic carbocycles. The number of nitrogens with one attached hydrogen (secondary N) is 1. The van der Waals surface area contributed by atoms with Gasteiger partial charge in [0.2, 0.25) is 0 Å². The zero-order chi connectivity index (χ0) is 19.0. The molecular weight excluding hydrogens is 366 g/mol. The fourth-order valence-corrected chi connectivity index (χ4v) is 3.97. The molecule has 0 aliphatic rings. The largest absolute Gasteiger partial charge is 0.494 e. The Labute approximate surface area is 169 Å². The van der Waals surface area contributed by atoms with Crippen molar-refractivity contribution in [2.45, 2.75) is 32.2 Å². The van der Waals surface area contributed by atoms with Gasteiger partial charge in [0.15, 0.2) is 0 Å². The lowest BCUT2D eigenvalue weighted by Gasteiger charge is -2.07. The number of aromatic nitrogens is 3. The molecule has 28 heavy (non-hydrogen) atoms. The number of rotatable bonds is 10. The molecule has 0 bridgehead atoms. The van der Waals surface area contributed by atoms with Gasteiger partial charge >= 0.3 is 0 Å². The fourth-order valence-electron chi connectivity index (χ4n) is 3.26. The maximum Gasteiger partial charge on any atom is 0.119 e. The number of aryl methyl sites for hydroxylation is 3. The third kappa shape index (κ3) is 5.14. The van der Waals surface area contributed by atoms with E-state index in [0.717, 1.165) is 44.6 Å². The maximum absolute atomic E-state index is 5.90. The first kappa shape index (κ1) is 18.6. The molecule has 0 radical (unpaired) electrons. The van der Waals surface area contributed by atoms with Crippen LogP contribution in [0.2, 0.25) is 0 Å². The molecule has 0 unspecified atom stereocenters. The average Bonchev–Trinajstić information content (AvgIpc) is 3.48. The highest BCUT2D eigenvalue weighted by Crippen LogP contribution is 2.24. The van der Waals surface area contributed by atoms with Crippen molar-refractivity contribution in [3.8, 4) is 16.3 Å². The smallest absolute Gasteiger partial charge is 0.119 e. The topological polar surface area (TPSA) is 42.8 Å². The highest BCUT2D eigenvalue weighted by molar-refractivity contribution is 7.13. The second-order valence-electron chi connectivity index (χ2n) is 6.90. The van der Waals surface area contributed by atoms with Gasteiger partial charge in [0.1, 0.15) is 5.75 Å². The fraction of sp³-hybridized carbons (Fsp3) is 0.261. The van der Waals surface area contributed by atoms with E-state index in [-0.39, 0.29) is 0 Å². The lowest BCUT2D eigenvalue weighted by Crippen LogP contribution is -1.99. The highest BCUT2D eigenvalue weighted by atomic mass is 32.1. The van der Waals surface area contributed by atoms with Gasteiger partial charge in [0, 0.05) is 25.1 Å². The minimum Gasteiger partial charge on any atom is -0.494 e. The summed E-state index contributed by atoms with van der Waals surface area (Å²) in [6, 6.07) is 15.0. The van der Waals surface area contributed by atoms with Gasteiger partial charge in [-0.1, -0.05) is 18.2 Å². The van der Waals surface area contributed by atoms with Gasteiger partial charge in [-0.3, -0.25) is 0 Å². The second kappa shape index (κ2) is 9.42. The molecular formula is C23H25N3OS. The van der Waals surface area contributed by atoms with E-state index in [9.17, 15) is 0 Å². The number of H-pyrrole nitrogens is 1. The van der Waals surface area contributed by atoms with Crippen molar-refractivity contribution in [2.24, 2.45) is 0 Å². The minimum absolute atomic E-state index is 0.736. The number of hydrogen-bond donors (Lipinski definition) is 1. The van der Waals surface area contributed by atoms with Gasteiger partial charge in [-0.15, -0.1) is 11.3 Å². The second-order valence-corrected chi connectivity index (χ2v) is 7.85. The Hall–Kier alpha value is -2.79. The van der Waals surface area contributed by atoms with Crippen molar-refractivity contribution in [1.29, 1.82) is 0 Å². The lowest BCUT2D eigenvalue weighted by molar-refractivity contribution is 0.311. The standard InChI is InChI=1S/C23H25N3OS/c1(12-26-13-11-24-18-26)4-19-7-9-21(10-8-19)27-14-2-5-20-16-22(25-17-20)23-6-3-15-28-23/h3,6-11,13,15-18,25H,1-2,4-5,12,14H2. The highest BCUT2D eigenvalue weighted by Gasteiger charge is 2.03. The summed E-state index contributed by atoms with van der Waals surface area (Å²) in [5.41, 5.74) is 3.88. The van der Waals surface area contributed by atoms with Crippen LogP contribution in [0, 0.1) is 0 Å². The van der Waals surface area contributed by atoms with Gasteiger partial charge in [0.25, 0.3) is 0 Å². The number of benzene rings is 1. The summed E-state index contributed by atoms with van der Waals surface area (Å²) in [6.45, 7) is 1.74. The predicted octanol–water partition coefficient (Wildman–Crippen LogP) is 5.58. The van der Waals surface area contributed by atoms with Crippen LogP contribution in [-0.4, -0.2) is 21.1 Å². The molecule has 0 aliphatic heterocycles. The van der Waals surface area contributed by atoms with Gasteiger partial charge in [-0.2, -0.15) is 0 Å². The predicted molar refractivity (Wildman–Crippen MR) is 115 cm³/mol. The van der Waals surface area contributed by atoms with Gasteiger partial charge in [-0.25, -0.2) is 4.98 Å². The zero-order valence-corrected chi connectivity index (χ0v) is 16.7. The third-order valence-corrected chi connectivity index (χ3v) is 5.68. The van der Waals surface area contributed by atoms with Crippen molar-refractivity contribution in [3.63, 3.8) is 0 Å². The molecule has 1 N–H and O–H groups in total. The van der Waals surface area contributed by atoms with E-state index in [2.05, 4.69) is 68.6 Å². The van der Waals surface area contributed by atoms with Gasteiger partial charge < -0.3 is 14.3 Å².